The molecule has 0 aliphatic heterocycles. The fourth-order valence-electron chi connectivity index (χ4n) is 1.70. The predicted molar refractivity (Wildman–Crippen MR) is 66.9 cm³/mol. The topological polar surface area (TPSA) is 52.8 Å². The van der Waals surface area contributed by atoms with E-state index in [1.807, 2.05) is 0 Å². The minimum Gasteiger partial charge on any atom is -0.461 e. The van der Waals surface area contributed by atoms with Crippen LogP contribution < -0.4 is 0 Å². The molecule has 6 heteroatoms. The lowest BCUT2D eigenvalue weighted by Crippen LogP contribution is -2.04. The zero-order valence-electron chi connectivity index (χ0n) is 10.1. The van der Waals surface area contributed by atoms with Crippen LogP contribution in [0.1, 0.15) is 23.0 Å². The highest BCUT2D eigenvalue weighted by Crippen LogP contribution is 2.18. The van der Waals surface area contributed by atoms with Gasteiger partial charge < -0.3 is 13.9 Å². The molecule has 0 spiro atoms. The quantitative estimate of drug-likeness (QED) is 0.799. The molecule has 0 aliphatic rings. The molecule has 5 nitrogen and oxygen atoms in total. The van der Waals surface area contributed by atoms with E-state index in [9.17, 15) is 4.79 Å². The van der Waals surface area contributed by atoms with Crippen LogP contribution in [0.4, 0.5) is 0 Å². The number of ether oxygens (including phenoxy) is 2. The zero-order chi connectivity index (χ0) is 13.1. The normalized spacial score (nSPS) is 10.8. The third-order valence-electron chi connectivity index (χ3n) is 2.38. The van der Waals surface area contributed by atoms with Crippen molar-refractivity contribution in [3.63, 3.8) is 0 Å². The van der Waals surface area contributed by atoms with Crippen LogP contribution in [0.3, 0.4) is 0 Å². The Bertz CT molecular complexity index is 580. The highest BCUT2D eigenvalue weighted by molar-refractivity contribution is 6.30. The lowest BCUT2D eigenvalue weighted by atomic mass is 10.3. The summed E-state index contributed by atoms with van der Waals surface area (Å²) in [6.45, 7) is 2.45. The van der Waals surface area contributed by atoms with Gasteiger partial charge in [-0.05, 0) is 13.0 Å². The molecule has 2 heterocycles. The molecule has 0 saturated carbocycles. The first-order valence-electron chi connectivity index (χ1n) is 5.49. The first-order chi connectivity index (χ1) is 8.65. The molecule has 0 radical (unpaired) electrons. The summed E-state index contributed by atoms with van der Waals surface area (Å²) in [5, 5.41) is 0.558. The number of nitrogens with zero attached hydrogens (tertiary/aromatic N) is 2. The smallest absolute Gasteiger partial charge is 0.358 e. The van der Waals surface area contributed by atoms with Gasteiger partial charge in [0.05, 0.1) is 18.2 Å². The summed E-state index contributed by atoms with van der Waals surface area (Å²) >= 11 is 5.99. The van der Waals surface area contributed by atoms with Gasteiger partial charge in [0.1, 0.15) is 5.65 Å². The molecular formula is C12H13ClN2O3. The molecule has 18 heavy (non-hydrogen) atoms. The lowest BCUT2D eigenvalue weighted by molar-refractivity contribution is 0.0520. The number of carbonyl (C=O) groups is 1. The van der Waals surface area contributed by atoms with Crippen molar-refractivity contribution in [3.05, 3.63) is 34.7 Å². The Morgan fingerprint density at radius 2 is 2.28 bits per heavy atom. The predicted octanol–water partition coefficient (Wildman–Crippen LogP) is 2.31. The van der Waals surface area contributed by atoms with Gasteiger partial charge in [-0.2, -0.15) is 0 Å². The minimum absolute atomic E-state index is 0.261. The molecule has 0 N–H and O–H groups in total. The maximum Gasteiger partial charge on any atom is 0.358 e. The largest absolute Gasteiger partial charge is 0.461 e. The van der Waals surface area contributed by atoms with Crippen molar-refractivity contribution in [3.8, 4) is 0 Å². The highest BCUT2D eigenvalue weighted by atomic mass is 35.5. The van der Waals surface area contributed by atoms with Crippen LogP contribution >= 0.6 is 11.6 Å². The average Bonchev–Trinajstić information content (AvgIpc) is 2.73. The Morgan fingerprint density at radius 1 is 1.50 bits per heavy atom. The molecule has 0 amide bonds. The van der Waals surface area contributed by atoms with Gasteiger partial charge in [-0.15, -0.1) is 0 Å². The number of pyridine rings is 1. The number of aromatic nitrogens is 2. The van der Waals surface area contributed by atoms with E-state index in [-0.39, 0.29) is 5.69 Å². The fraction of sp³-hybridized carbons (Fsp3) is 0.333. The van der Waals surface area contributed by atoms with Gasteiger partial charge in [0.25, 0.3) is 0 Å². The van der Waals surface area contributed by atoms with Gasteiger partial charge in [0.15, 0.2) is 5.69 Å². The van der Waals surface area contributed by atoms with Gasteiger partial charge in [0, 0.05) is 25.1 Å². The SMILES string of the molecule is CCOC(=O)c1cn2cc(Cl)cc(COC)c2n1. The zero-order valence-corrected chi connectivity index (χ0v) is 10.9. The number of halogens is 1. The first-order valence-corrected chi connectivity index (χ1v) is 5.86. The van der Waals surface area contributed by atoms with Crippen LogP contribution in [-0.4, -0.2) is 29.1 Å². The molecule has 0 fully saturated rings. The van der Waals surface area contributed by atoms with Crippen molar-refractivity contribution in [1.29, 1.82) is 0 Å². The Labute approximate surface area is 109 Å². The summed E-state index contributed by atoms with van der Waals surface area (Å²) < 4.78 is 11.7. The summed E-state index contributed by atoms with van der Waals surface area (Å²) in [5.74, 6) is -0.444. The average molecular weight is 269 g/mol. The molecule has 96 valence electrons. The third-order valence-corrected chi connectivity index (χ3v) is 2.59. The van der Waals surface area contributed by atoms with E-state index in [0.717, 1.165) is 5.56 Å². The van der Waals surface area contributed by atoms with Crippen LogP contribution in [0.2, 0.25) is 5.02 Å². The number of hydrogen-bond acceptors (Lipinski definition) is 4. The van der Waals surface area contributed by atoms with Crippen LogP contribution in [0.5, 0.6) is 0 Å². The Hall–Kier alpha value is -1.59. The number of imidazole rings is 1. The van der Waals surface area contributed by atoms with E-state index >= 15 is 0 Å². The number of rotatable bonds is 4. The summed E-state index contributed by atoms with van der Waals surface area (Å²) in [6, 6.07) is 1.77. The maximum absolute atomic E-state index is 11.6. The highest BCUT2D eigenvalue weighted by Gasteiger charge is 2.14. The van der Waals surface area contributed by atoms with Gasteiger partial charge in [-0.1, -0.05) is 11.6 Å². The Morgan fingerprint density at radius 3 is 2.94 bits per heavy atom. The first kappa shape index (κ1) is 12.9. The molecule has 2 aromatic rings. The van der Waals surface area contributed by atoms with E-state index in [1.54, 1.807) is 36.9 Å². The second-order valence-electron chi connectivity index (χ2n) is 3.69. The van der Waals surface area contributed by atoms with E-state index in [4.69, 9.17) is 21.1 Å². The van der Waals surface area contributed by atoms with Crippen LogP contribution in [0.15, 0.2) is 18.5 Å². The minimum atomic E-state index is -0.444. The van der Waals surface area contributed by atoms with Crippen molar-refractivity contribution >= 4 is 23.2 Å². The number of methoxy groups -OCH3 is 1. The molecule has 2 aromatic heterocycles. The molecular weight excluding hydrogens is 256 g/mol. The van der Waals surface area contributed by atoms with Gasteiger partial charge in [0.2, 0.25) is 0 Å². The summed E-state index contributed by atoms with van der Waals surface area (Å²) in [6.07, 6.45) is 3.28. The van der Waals surface area contributed by atoms with Gasteiger partial charge in [-0.3, -0.25) is 0 Å². The Kier molecular flexibility index (Phi) is 3.84. The number of fused-ring (bicyclic) bond motifs is 1. The van der Waals surface area contributed by atoms with Crippen molar-refractivity contribution in [2.75, 3.05) is 13.7 Å². The molecule has 2 rings (SSSR count). The maximum atomic E-state index is 11.6. The molecule has 0 atom stereocenters. The number of carbonyl (C=O) groups excluding carboxylic acids is 1. The lowest BCUT2D eigenvalue weighted by Gasteiger charge is -2.02. The summed E-state index contributed by atoms with van der Waals surface area (Å²) in [5.41, 5.74) is 1.72. The molecule has 0 bridgehead atoms. The van der Waals surface area contributed by atoms with Crippen molar-refractivity contribution in [1.82, 2.24) is 9.38 Å². The Balaban J connectivity index is 2.49. The van der Waals surface area contributed by atoms with Crippen molar-refractivity contribution in [2.45, 2.75) is 13.5 Å². The van der Waals surface area contributed by atoms with Gasteiger partial charge in [-0.25, -0.2) is 9.78 Å². The van der Waals surface area contributed by atoms with Crippen LogP contribution in [-0.2, 0) is 16.1 Å². The number of hydrogen-bond donors (Lipinski definition) is 0. The van der Waals surface area contributed by atoms with E-state index < -0.39 is 5.97 Å². The number of esters is 1. The second-order valence-corrected chi connectivity index (χ2v) is 4.13. The molecule has 0 aromatic carbocycles. The summed E-state index contributed by atoms with van der Waals surface area (Å²) in [4.78, 5) is 15.8. The van der Waals surface area contributed by atoms with E-state index in [0.29, 0.717) is 23.9 Å². The van der Waals surface area contributed by atoms with E-state index in [2.05, 4.69) is 4.98 Å². The van der Waals surface area contributed by atoms with Crippen LogP contribution in [0.25, 0.3) is 5.65 Å². The van der Waals surface area contributed by atoms with E-state index in [1.165, 1.54) is 0 Å². The third kappa shape index (κ3) is 2.47. The van der Waals surface area contributed by atoms with Crippen molar-refractivity contribution in [2.24, 2.45) is 0 Å². The monoisotopic (exact) mass is 268 g/mol. The van der Waals surface area contributed by atoms with Crippen molar-refractivity contribution < 1.29 is 14.3 Å². The standard InChI is InChI=1S/C12H13ClN2O3/c1-3-18-12(16)10-6-15-5-9(13)4-8(7-17-2)11(15)14-10/h4-6H,3,7H2,1-2H3. The molecule has 0 saturated heterocycles. The molecule has 0 aliphatic carbocycles. The summed E-state index contributed by atoms with van der Waals surface area (Å²) in [7, 11) is 1.59. The molecule has 0 unspecified atom stereocenters. The van der Waals surface area contributed by atoms with Crippen LogP contribution in [0, 0.1) is 0 Å². The van der Waals surface area contributed by atoms with Gasteiger partial charge >= 0.3 is 5.97 Å². The second kappa shape index (κ2) is 5.37. The fourth-order valence-corrected chi connectivity index (χ4v) is 1.93.